The molecule has 28 heavy (non-hydrogen) atoms. The molecule has 0 atom stereocenters. The van der Waals surface area contributed by atoms with Crippen LogP contribution in [-0.2, 0) is 25.9 Å². The fourth-order valence-electron chi connectivity index (χ4n) is 2.79. The van der Waals surface area contributed by atoms with Crippen LogP contribution >= 0.6 is 46.7 Å². The van der Waals surface area contributed by atoms with E-state index >= 15 is 0 Å². The third kappa shape index (κ3) is 6.82. The van der Waals surface area contributed by atoms with Crippen LogP contribution in [0.25, 0.3) is 0 Å². The second kappa shape index (κ2) is 11.5. The van der Waals surface area contributed by atoms with E-state index in [1.54, 1.807) is 29.7 Å². The summed E-state index contributed by atoms with van der Waals surface area (Å²) in [5.41, 5.74) is 3.48. The molecule has 2 heterocycles. The van der Waals surface area contributed by atoms with E-state index in [1.807, 2.05) is 14.0 Å². The number of thiazole rings is 2. The monoisotopic (exact) mass is 527 g/mol. The van der Waals surface area contributed by atoms with Gasteiger partial charge in [0.05, 0.1) is 34.5 Å². The average Bonchev–Trinajstić information content (AvgIpc) is 3.30. The van der Waals surface area contributed by atoms with Crippen LogP contribution in [0.4, 0.5) is 0 Å². The number of nitrogens with zero attached hydrogens (tertiary/aromatic N) is 4. The van der Waals surface area contributed by atoms with Crippen molar-refractivity contribution in [2.75, 3.05) is 14.1 Å². The zero-order chi connectivity index (χ0) is 19.1. The molecule has 3 aromatic rings. The van der Waals surface area contributed by atoms with Crippen LogP contribution in [-0.4, -0.2) is 34.9 Å². The maximum Gasteiger partial charge on any atom is 0.194 e. The van der Waals surface area contributed by atoms with Gasteiger partial charge in [-0.3, -0.25) is 4.99 Å². The van der Waals surface area contributed by atoms with Crippen LogP contribution in [0, 0.1) is 6.92 Å². The lowest BCUT2D eigenvalue weighted by atomic mass is 10.1. The van der Waals surface area contributed by atoms with Gasteiger partial charge in [-0.2, -0.15) is 0 Å². The molecule has 0 bridgehead atoms. The molecule has 1 aromatic carbocycles. The Balaban J connectivity index is 0.00000280. The maximum absolute atomic E-state index is 4.75. The van der Waals surface area contributed by atoms with Gasteiger partial charge in [0.15, 0.2) is 5.96 Å². The molecule has 0 saturated carbocycles. The Labute approximate surface area is 192 Å². The van der Waals surface area contributed by atoms with E-state index in [9.17, 15) is 0 Å². The molecule has 8 heteroatoms. The van der Waals surface area contributed by atoms with Crippen LogP contribution in [0.2, 0.25) is 0 Å². The predicted octanol–water partition coefficient (Wildman–Crippen LogP) is 4.52. The van der Waals surface area contributed by atoms with Crippen LogP contribution in [0.3, 0.4) is 0 Å². The average molecular weight is 528 g/mol. The van der Waals surface area contributed by atoms with E-state index in [4.69, 9.17) is 4.98 Å². The fourth-order valence-corrected chi connectivity index (χ4v) is 4.20. The third-order valence-electron chi connectivity index (χ3n) is 4.14. The smallest absolute Gasteiger partial charge is 0.194 e. The van der Waals surface area contributed by atoms with Gasteiger partial charge in [-0.25, -0.2) is 9.97 Å². The minimum Gasteiger partial charge on any atom is -0.351 e. The Bertz CT molecular complexity index is 876. The van der Waals surface area contributed by atoms with Gasteiger partial charge in [0, 0.05) is 31.3 Å². The van der Waals surface area contributed by atoms with Crippen LogP contribution in [0.15, 0.2) is 46.1 Å². The predicted molar refractivity (Wildman–Crippen MR) is 130 cm³/mol. The first-order chi connectivity index (χ1) is 13.1. The maximum atomic E-state index is 4.75. The van der Waals surface area contributed by atoms with E-state index < -0.39 is 0 Å². The third-order valence-corrected chi connectivity index (χ3v) is 5.92. The Morgan fingerprint density at radius 1 is 1.07 bits per heavy atom. The van der Waals surface area contributed by atoms with Crippen molar-refractivity contribution in [2.45, 2.75) is 32.9 Å². The number of hydrogen-bond donors (Lipinski definition) is 1. The number of halogens is 1. The molecule has 0 saturated heterocycles. The molecule has 0 fully saturated rings. The fraction of sp³-hybridized carbons (Fsp3) is 0.350. The van der Waals surface area contributed by atoms with Gasteiger partial charge in [0.1, 0.15) is 0 Å². The molecule has 0 spiro atoms. The largest absolute Gasteiger partial charge is 0.351 e. The number of benzene rings is 1. The van der Waals surface area contributed by atoms with Crippen molar-refractivity contribution in [2.24, 2.45) is 4.99 Å². The first-order valence-electron chi connectivity index (χ1n) is 8.94. The Morgan fingerprint density at radius 2 is 1.82 bits per heavy atom. The number of nitrogens with one attached hydrogen (secondary N) is 1. The lowest BCUT2D eigenvalue weighted by Crippen LogP contribution is -2.38. The van der Waals surface area contributed by atoms with E-state index in [1.165, 1.54) is 10.6 Å². The van der Waals surface area contributed by atoms with Gasteiger partial charge in [0.2, 0.25) is 0 Å². The molecular formula is C20H26IN5S2. The molecule has 150 valence electrons. The molecule has 2 aromatic heterocycles. The number of aryl methyl sites for hydroxylation is 3. The van der Waals surface area contributed by atoms with Crippen molar-refractivity contribution in [3.63, 3.8) is 0 Å². The van der Waals surface area contributed by atoms with Gasteiger partial charge in [-0.05, 0) is 18.9 Å². The summed E-state index contributed by atoms with van der Waals surface area (Å²) in [5, 5.41) is 9.89. The number of guanidine groups is 1. The standard InChI is InChI=1S/C20H25N5S2.HI/c1-15-23-18(14-26-15)12-25(3)20(21-2)22-11-17-13-27-19(24-17)10-9-16-7-5-4-6-8-16;/h4-8,13-14H,9-12H2,1-3H3,(H,21,22);1H. The van der Waals surface area contributed by atoms with Crippen molar-refractivity contribution in [1.29, 1.82) is 0 Å². The summed E-state index contributed by atoms with van der Waals surface area (Å²) in [7, 11) is 3.83. The van der Waals surface area contributed by atoms with Crippen LogP contribution < -0.4 is 5.32 Å². The highest BCUT2D eigenvalue weighted by Gasteiger charge is 2.10. The lowest BCUT2D eigenvalue weighted by molar-refractivity contribution is 0.470. The molecule has 0 aliphatic heterocycles. The number of aromatic nitrogens is 2. The Kier molecular flexibility index (Phi) is 9.33. The highest BCUT2D eigenvalue weighted by Crippen LogP contribution is 2.14. The highest BCUT2D eigenvalue weighted by molar-refractivity contribution is 14.0. The lowest BCUT2D eigenvalue weighted by Gasteiger charge is -2.20. The second-order valence-corrected chi connectivity index (χ2v) is 8.34. The minimum atomic E-state index is 0. The molecule has 0 amide bonds. The molecule has 0 aliphatic rings. The van der Waals surface area contributed by atoms with Crippen molar-refractivity contribution in [1.82, 2.24) is 20.2 Å². The van der Waals surface area contributed by atoms with Gasteiger partial charge in [0.25, 0.3) is 0 Å². The van der Waals surface area contributed by atoms with Crippen molar-refractivity contribution in [3.8, 4) is 0 Å². The molecular weight excluding hydrogens is 501 g/mol. The van der Waals surface area contributed by atoms with E-state index in [-0.39, 0.29) is 24.0 Å². The van der Waals surface area contributed by atoms with Crippen molar-refractivity contribution in [3.05, 3.63) is 68.1 Å². The van der Waals surface area contributed by atoms with E-state index in [2.05, 4.69) is 61.3 Å². The van der Waals surface area contributed by atoms with Gasteiger partial charge < -0.3 is 10.2 Å². The molecule has 1 N–H and O–H groups in total. The summed E-state index contributed by atoms with van der Waals surface area (Å²) in [6, 6.07) is 10.6. The SMILES string of the molecule is CN=C(NCc1csc(CCc2ccccc2)n1)N(C)Cc1csc(C)n1.I. The first-order valence-corrected chi connectivity index (χ1v) is 10.7. The Hall–Kier alpha value is -1.52. The number of aliphatic imine (C=N–C) groups is 1. The summed E-state index contributed by atoms with van der Waals surface area (Å²) >= 11 is 3.40. The van der Waals surface area contributed by atoms with Crippen molar-refractivity contribution >= 4 is 52.6 Å². The van der Waals surface area contributed by atoms with Gasteiger partial charge in [-0.1, -0.05) is 30.3 Å². The molecule has 0 aliphatic carbocycles. The quantitative estimate of drug-likeness (QED) is 0.279. The van der Waals surface area contributed by atoms with E-state index in [0.29, 0.717) is 6.54 Å². The van der Waals surface area contributed by atoms with Gasteiger partial charge in [-0.15, -0.1) is 46.7 Å². The van der Waals surface area contributed by atoms with E-state index in [0.717, 1.165) is 41.7 Å². The normalized spacial score (nSPS) is 11.2. The second-order valence-electron chi connectivity index (χ2n) is 6.33. The van der Waals surface area contributed by atoms with Crippen LogP contribution in [0.5, 0.6) is 0 Å². The molecule has 0 radical (unpaired) electrons. The summed E-state index contributed by atoms with van der Waals surface area (Å²) in [4.78, 5) is 15.7. The minimum absolute atomic E-state index is 0. The number of rotatable bonds is 7. The van der Waals surface area contributed by atoms with Crippen LogP contribution in [0.1, 0.15) is 27.0 Å². The summed E-state index contributed by atoms with van der Waals surface area (Å²) < 4.78 is 0. The molecule has 0 unspecified atom stereocenters. The highest BCUT2D eigenvalue weighted by atomic mass is 127. The van der Waals surface area contributed by atoms with Crippen molar-refractivity contribution < 1.29 is 0 Å². The first kappa shape index (κ1) is 22.8. The van der Waals surface area contributed by atoms with Gasteiger partial charge >= 0.3 is 0 Å². The molecule has 5 nitrogen and oxygen atoms in total. The topological polar surface area (TPSA) is 53.4 Å². The zero-order valence-corrected chi connectivity index (χ0v) is 20.3. The number of hydrogen-bond acceptors (Lipinski definition) is 5. The summed E-state index contributed by atoms with van der Waals surface area (Å²) in [6.45, 7) is 3.44. The summed E-state index contributed by atoms with van der Waals surface area (Å²) in [6.07, 6.45) is 2.01. The zero-order valence-electron chi connectivity index (χ0n) is 16.4. The Morgan fingerprint density at radius 3 is 2.50 bits per heavy atom. The summed E-state index contributed by atoms with van der Waals surface area (Å²) in [5.74, 6) is 0.847. The molecule has 3 rings (SSSR count).